The van der Waals surface area contributed by atoms with E-state index in [9.17, 15) is 4.79 Å². The van der Waals surface area contributed by atoms with Crippen LogP contribution in [-0.2, 0) is 9.53 Å². The topological polar surface area (TPSA) is 38.3 Å². The summed E-state index contributed by atoms with van der Waals surface area (Å²) in [5.41, 5.74) is 0. The zero-order valence-corrected chi connectivity index (χ0v) is 16.3. The molecule has 0 rings (SSSR count). The minimum Gasteiger partial charge on any atom is -0.383 e. The van der Waals surface area contributed by atoms with Crippen LogP contribution in [0.1, 0.15) is 96.8 Å². The van der Waals surface area contributed by atoms with E-state index in [1.165, 1.54) is 77.0 Å². The van der Waals surface area contributed by atoms with Crippen LogP contribution in [0, 0.1) is 0 Å². The van der Waals surface area contributed by atoms with Gasteiger partial charge < -0.3 is 10.1 Å². The molecule has 0 atom stereocenters. The van der Waals surface area contributed by atoms with E-state index in [-0.39, 0.29) is 5.91 Å². The van der Waals surface area contributed by atoms with Crippen molar-refractivity contribution >= 4 is 5.91 Å². The van der Waals surface area contributed by atoms with Crippen LogP contribution in [0.2, 0.25) is 0 Å². The zero-order chi connectivity index (χ0) is 17.7. The summed E-state index contributed by atoms with van der Waals surface area (Å²) in [5.74, 6) is 0.157. The molecule has 0 aromatic rings. The van der Waals surface area contributed by atoms with E-state index in [0.29, 0.717) is 19.6 Å². The fraction of sp³-hybridized carbons (Fsp3) is 0.857. The Morgan fingerprint density at radius 2 is 1.38 bits per heavy atom. The van der Waals surface area contributed by atoms with E-state index >= 15 is 0 Å². The number of ether oxygens (including phenoxy) is 1. The summed E-state index contributed by atoms with van der Waals surface area (Å²) in [6.07, 6.45) is 22.1. The van der Waals surface area contributed by atoms with Gasteiger partial charge in [0, 0.05) is 20.1 Å². The van der Waals surface area contributed by atoms with Gasteiger partial charge in [-0.1, -0.05) is 70.4 Å². The van der Waals surface area contributed by atoms with Crippen molar-refractivity contribution < 1.29 is 9.53 Å². The van der Waals surface area contributed by atoms with Crippen molar-refractivity contribution in [3.63, 3.8) is 0 Å². The molecular formula is C21H41NO2. The Morgan fingerprint density at radius 1 is 0.833 bits per heavy atom. The lowest BCUT2D eigenvalue weighted by atomic mass is 10.1. The third kappa shape index (κ3) is 19.2. The standard InChI is InChI=1S/C21H41NO2/c1-3-4-5-6-7-8-9-10-11-12-13-14-15-16-17-18-21(23)22-19-20-24-2/h10-11H,3-9,12-20H2,1-2H3,(H,22,23). The summed E-state index contributed by atoms with van der Waals surface area (Å²) in [4.78, 5) is 11.5. The van der Waals surface area contributed by atoms with Gasteiger partial charge in [0.25, 0.3) is 0 Å². The molecular weight excluding hydrogens is 298 g/mol. The highest BCUT2D eigenvalue weighted by atomic mass is 16.5. The fourth-order valence-corrected chi connectivity index (χ4v) is 2.74. The van der Waals surface area contributed by atoms with Crippen LogP contribution in [-0.4, -0.2) is 26.2 Å². The van der Waals surface area contributed by atoms with Crippen molar-refractivity contribution in [2.75, 3.05) is 20.3 Å². The van der Waals surface area contributed by atoms with Gasteiger partial charge in [0.2, 0.25) is 5.91 Å². The molecule has 24 heavy (non-hydrogen) atoms. The lowest BCUT2D eigenvalue weighted by Gasteiger charge is -2.04. The van der Waals surface area contributed by atoms with Gasteiger partial charge in [-0.25, -0.2) is 0 Å². The molecule has 3 heteroatoms. The SMILES string of the molecule is CCCCCCCCC=CCCCCCCCC(=O)NCCOC. The van der Waals surface area contributed by atoms with Crippen molar-refractivity contribution in [3.05, 3.63) is 12.2 Å². The molecule has 0 saturated carbocycles. The molecule has 0 unspecified atom stereocenters. The van der Waals surface area contributed by atoms with Crippen LogP contribution in [0.4, 0.5) is 0 Å². The summed E-state index contributed by atoms with van der Waals surface area (Å²) < 4.78 is 4.90. The van der Waals surface area contributed by atoms with E-state index in [1.807, 2.05) is 0 Å². The number of hydrogen-bond acceptors (Lipinski definition) is 2. The number of amides is 1. The summed E-state index contributed by atoms with van der Waals surface area (Å²) in [5, 5.41) is 2.86. The minimum atomic E-state index is 0.157. The molecule has 0 aromatic carbocycles. The van der Waals surface area contributed by atoms with Gasteiger partial charge in [-0.15, -0.1) is 0 Å². The second-order valence-corrected chi connectivity index (χ2v) is 6.68. The first-order valence-corrected chi connectivity index (χ1v) is 10.2. The molecule has 1 N–H and O–H groups in total. The van der Waals surface area contributed by atoms with Crippen LogP contribution >= 0.6 is 0 Å². The maximum absolute atomic E-state index is 11.5. The molecule has 0 aliphatic rings. The second-order valence-electron chi connectivity index (χ2n) is 6.68. The second kappa shape index (κ2) is 20.2. The zero-order valence-electron chi connectivity index (χ0n) is 16.3. The third-order valence-electron chi connectivity index (χ3n) is 4.29. The van der Waals surface area contributed by atoms with Crippen LogP contribution < -0.4 is 5.32 Å². The Balaban J connectivity index is 3.16. The van der Waals surface area contributed by atoms with E-state index in [1.54, 1.807) is 7.11 Å². The van der Waals surface area contributed by atoms with Gasteiger partial charge >= 0.3 is 0 Å². The quantitative estimate of drug-likeness (QED) is 0.254. The molecule has 3 nitrogen and oxygen atoms in total. The minimum absolute atomic E-state index is 0.157. The highest BCUT2D eigenvalue weighted by Gasteiger charge is 1.99. The molecule has 142 valence electrons. The van der Waals surface area contributed by atoms with Crippen molar-refractivity contribution in [2.45, 2.75) is 96.8 Å². The lowest BCUT2D eigenvalue weighted by molar-refractivity contribution is -0.121. The lowest BCUT2D eigenvalue weighted by Crippen LogP contribution is -2.26. The van der Waals surface area contributed by atoms with E-state index in [4.69, 9.17) is 4.74 Å². The number of allylic oxidation sites excluding steroid dienone is 2. The first kappa shape index (κ1) is 23.2. The van der Waals surface area contributed by atoms with Gasteiger partial charge in [-0.3, -0.25) is 4.79 Å². The molecule has 1 amide bonds. The predicted molar refractivity (Wildman–Crippen MR) is 104 cm³/mol. The van der Waals surface area contributed by atoms with Gasteiger partial charge in [0.1, 0.15) is 0 Å². The Hall–Kier alpha value is -0.830. The Morgan fingerprint density at radius 3 is 1.96 bits per heavy atom. The highest BCUT2D eigenvalue weighted by molar-refractivity contribution is 5.75. The normalized spacial score (nSPS) is 11.2. The Labute approximate surface area is 150 Å². The number of methoxy groups -OCH3 is 1. The molecule has 0 saturated heterocycles. The summed E-state index contributed by atoms with van der Waals surface area (Å²) in [7, 11) is 1.65. The first-order valence-electron chi connectivity index (χ1n) is 10.2. The van der Waals surface area contributed by atoms with Crippen molar-refractivity contribution in [1.29, 1.82) is 0 Å². The number of carbonyl (C=O) groups excluding carboxylic acids is 1. The molecule has 0 aliphatic heterocycles. The number of rotatable bonds is 18. The monoisotopic (exact) mass is 339 g/mol. The number of carbonyl (C=O) groups is 1. The Bertz CT molecular complexity index is 290. The molecule has 0 heterocycles. The van der Waals surface area contributed by atoms with Gasteiger partial charge in [0.15, 0.2) is 0 Å². The largest absolute Gasteiger partial charge is 0.383 e. The molecule has 0 fully saturated rings. The van der Waals surface area contributed by atoms with E-state index in [0.717, 1.165) is 6.42 Å². The summed E-state index contributed by atoms with van der Waals surface area (Å²) in [6, 6.07) is 0. The number of hydrogen-bond donors (Lipinski definition) is 1. The molecule has 0 aliphatic carbocycles. The smallest absolute Gasteiger partial charge is 0.220 e. The van der Waals surface area contributed by atoms with Crippen molar-refractivity contribution in [2.24, 2.45) is 0 Å². The van der Waals surface area contributed by atoms with Crippen LogP contribution in [0.15, 0.2) is 12.2 Å². The number of unbranched alkanes of at least 4 members (excludes halogenated alkanes) is 11. The molecule has 0 spiro atoms. The maximum Gasteiger partial charge on any atom is 0.220 e. The third-order valence-corrected chi connectivity index (χ3v) is 4.29. The fourth-order valence-electron chi connectivity index (χ4n) is 2.74. The van der Waals surface area contributed by atoms with Crippen molar-refractivity contribution in [1.82, 2.24) is 5.32 Å². The predicted octanol–water partition coefficient (Wildman–Crippen LogP) is 5.79. The maximum atomic E-state index is 11.5. The summed E-state index contributed by atoms with van der Waals surface area (Å²) >= 11 is 0. The van der Waals surface area contributed by atoms with Crippen LogP contribution in [0.25, 0.3) is 0 Å². The van der Waals surface area contributed by atoms with E-state index in [2.05, 4.69) is 24.4 Å². The van der Waals surface area contributed by atoms with Crippen LogP contribution in [0.3, 0.4) is 0 Å². The highest BCUT2D eigenvalue weighted by Crippen LogP contribution is 2.09. The Kier molecular flexibility index (Phi) is 19.5. The molecule has 0 aromatic heterocycles. The van der Waals surface area contributed by atoms with Gasteiger partial charge in [-0.2, -0.15) is 0 Å². The summed E-state index contributed by atoms with van der Waals surface area (Å²) in [6.45, 7) is 3.49. The van der Waals surface area contributed by atoms with Gasteiger partial charge in [0.05, 0.1) is 6.61 Å². The van der Waals surface area contributed by atoms with Gasteiger partial charge in [-0.05, 0) is 32.1 Å². The first-order chi connectivity index (χ1) is 11.8. The molecule has 0 bridgehead atoms. The average molecular weight is 340 g/mol. The average Bonchev–Trinajstić information content (AvgIpc) is 2.58. The number of nitrogens with one attached hydrogen (secondary N) is 1. The molecule has 0 radical (unpaired) electrons. The van der Waals surface area contributed by atoms with Crippen molar-refractivity contribution in [3.8, 4) is 0 Å². The van der Waals surface area contributed by atoms with E-state index < -0.39 is 0 Å². The van der Waals surface area contributed by atoms with Crippen LogP contribution in [0.5, 0.6) is 0 Å².